The summed E-state index contributed by atoms with van der Waals surface area (Å²) in [6, 6.07) is 12.8. The molecule has 4 rings (SSSR count). The van der Waals surface area contributed by atoms with Crippen LogP contribution in [-0.4, -0.2) is 49.9 Å². The summed E-state index contributed by atoms with van der Waals surface area (Å²) in [5.41, 5.74) is 1.64. The topological polar surface area (TPSA) is 87.0 Å². The van der Waals surface area contributed by atoms with Crippen molar-refractivity contribution in [3.8, 4) is 11.5 Å². The number of aryl methyl sites for hydroxylation is 1. The van der Waals surface area contributed by atoms with E-state index in [2.05, 4.69) is 4.99 Å². The first-order valence-corrected chi connectivity index (χ1v) is 14.2. The Bertz CT molecular complexity index is 1280. The summed E-state index contributed by atoms with van der Waals surface area (Å²) in [4.78, 5) is 17.4. The van der Waals surface area contributed by atoms with Gasteiger partial charge in [0.2, 0.25) is 5.91 Å². The van der Waals surface area contributed by atoms with E-state index in [4.69, 9.17) is 9.47 Å². The Kier molecular flexibility index (Phi) is 7.22. The summed E-state index contributed by atoms with van der Waals surface area (Å²) >= 11 is 3.09. The number of nitrogens with zero attached hydrogens (tertiary/aromatic N) is 2. The molecule has 0 saturated heterocycles. The maximum atomic E-state index is 12.6. The number of sulfone groups is 1. The van der Waals surface area contributed by atoms with E-state index in [1.165, 1.54) is 11.3 Å². The SMILES string of the molecule is CSCCn1c(=NC(=O)CCS(=O)(=O)Cc2ccccc2)sc2cc3c(cc21)OCCO3. The van der Waals surface area contributed by atoms with Gasteiger partial charge in [-0.2, -0.15) is 16.8 Å². The Labute approximate surface area is 195 Å². The molecule has 1 amide bonds. The van der Waals surface area contributed by atoms with Gasteiger partial charge in [0.25, 0.3) is 0 Å². The smallest absolute Gasteiger partial charge is 0.249 e. The monoisotopic (exact) mass is 492 g/mol. The van der Waals surface area contributed by atoms with Crippen molar-refractivity contribution >= 4 is 49.1 Å². The van der Waals surface area contributed by atoms with Crippen LogP contribution in [0, 0.1) is 0 Å². The molecular weight excluding hydrogens is 468 g/mol. The predicted octanol–water partition coefficient (Wildman–Crippen LogP) is 3.27. The molecule has 170 valence electrons. The minimum absolute atomic E-state index is 0.0801. The van der Waals surface area contributed by atoms with Crippen molar-refractivity contribution in [2.24, 2.45) is 4.99 Å². The molecule has 1 aliphatic heterocycles. The number of benzene rings is 2. The number of rotatable bonds is 8. The molecule has 0 radical (unpaired) electrons. The van der Waals surface area contributed by atoms with Crippen LogP contribution in [0.4, 0.5) is 0 Å². The maximum Gasteiger partial charge on any atom is 0.249 e. The van der Waals surface area contributed by atoms with Crippen molar-refractivity contribution in [1.82, 2.24) is 4.57 Å². The molecule has 10 heteroatoms. The van der Waals surface area contributed by atoms with Gasteiger partial charge in [-0.3, -0.25) is 4.79 Å². The predicted molar refractivity (Wildman–Crippen MR) is 128 cm³/mol. The Hall–Kier alpha value is -2.30. The molecule has 0 saturated carbocycles. The highest BCUT2D eigenvalue weighted by molar-refractivity contribution is 7.98. The third-order valence-electron chi connectivity index (χ3n) is 4.94. The zero-order valence-corrected chi connectivity index (χ0v) is 20.1. The third kappa shape index (κ3) is 5.54. The van der Waals surface area contributed by atoms with Crippen LogP contribution >= 0.6 is 23.1 Å². The van der Waals surface area contributed by atoms with E-state index < -0.39 is 15.7 Å². The normalized spacial score (nSPS) is 14.1. The van der Waals surface area contributed by atoms with E-state index >= 15 is 0 Å². The number of amides is 1. The summed E-state index contributed by atoms with van der Waals surface area (Å²) in [6.07, 6.45) is 1.88. The van der Waals surface area contributed by atoms with E-state index in [0.29, 0.717) is 41.6 Å². The minimum Gasteiger partial charge on any atom is -0.486 e. The first-order valence-electron chi connectivity index (χ1n) is 10.2. The molecule has 0 aliphatic carbocycles. The molecule has 0 unspecified atom stereocenters. The molecule has 0 N–H and O–H groups in total. The fourth-order valence-corrected chi connectivity index (χ4v) is 6.18. The fraction of sp³-hybridized carbons (Fsp3) is 0.364. The number of aromatic nitrogens is 1. The van der Waals surface area contributed by atoms with Crippen molar-refractivity contribution < 1.29 is 22.7 Å². The van der Waals surface area contributed by atoms with E-state index in [0.717, 1.165) is 16.0 Å². The molecule has 1 aromatic heterocycles. The molecule has 3 aromatic rings. The van der Waals surface area contributed by atoms with Gasteiger partial charge in [-0.1, -0.05) is 41.7 Å². The molecular formula is C22H24N2O5S3. The molecule has 0 atom stereocenters. The van der Waals surface area contributed by atoms with E-state index in [1.807, 2.05) is 29.0 Å². The lowest BCUT2D eigenvalue weighted by molar-refractivity contribution is -0.117. The van der Waals surface area contributed by atoms with Crippen LogP contribution in [0.15, 0.2) is 47.5 Å². The Morgan fingerprint density at radius 1 is 1.16 bits per heavy atom. The second-order valence-corrected chi connectivity index (χ2v) is 11.5. The van der Waals surface area contributed by atoms with Crippen molar-refractivity contribution in [3.63, 3.8) is 0 Å². The zero-order chi connectivity index (χ0) is 22.6. The van der Waals surface area contributed by atoms with Crippen LogP contribution < -0.4 is 14.3 Å². The van der Waals surface area contributed by atoms with Gasteiger partial charge in [0.05, 0.1) is 21.7 Å². The number of thiazole rings is 1. The number of fused-ring (bicyclic) bond motifs is 2. The average molecular weight is 493 g/mol. The molecule has 1 aliphatic rings. The van der Waals surface area contributed by atoms with Crippen LogP contribution in [0.5, 0.6) is 11.5 Å². The standard InChI is InChI=1S/C22H24N2O5S3/c1-30-11-8-24-17-13-18-19(29-10-9-28-18)14-20(17)31-22(24)23-21(25)7-12-32(26,27)15-16-5-3-2-4-6-16/h2-6,13-14H,7-12,15H2,1H3. The number of hydrogen-bond donors (Lipinski definition) is 0. The molecule has 0 spiro atoms. The lowest BCUT2D eigenvalue weighted by Gasteiger charge is -2.18. The first kappa shape index (κ1) is 22.9. The molecule has 0 fully saturated rings. The number of carbonyl (C=O) groups excluding carboxylic acids is 1. The van der Waals surface area contributed by atoms with Gasteiger partial charge in [-0.25, -0.2) is 8.42 Å². The lowest BCUT2D eigenvalue weighted by Crippen LogP contribution is -2.20. The second kappa shape index (κ2) is 10.1. The lowest BCUT2D eigenvalue weighted by atomic mass is 10.2. The molecule has 7 nitrogen and oxygen atoms in total. The summed E-state index contributed by atoms with van der Waals surface area (Å²) in [7, 11) is -3.40. The van der Waals surface area contributed by atoms with Gasteiger partial charge in [0.15, 0.2) is 26.1 Å². The van der Waals surface area contributed by atoms with Crippen molar-refractivity contribution in [2.75, 3.05) is 31.0 Å². The van der Waals surface area contributed by atoms with Gasteiger partial charge >= 0.3 is 0 Å². The highest BCUT2D eigenvalue weighted by Crippen LogP contribution is 2.35. The van der Waals surface area contributed by atoms with Crippen LogP contribution in [0.3, 0.4) is 0 Å². The minimum atomic E-state index is -3.40. The molecule has 32 heavy (non-hydrogen) atoms. The van der Waals surface area contributed by atoms with E-state index in [9.17, 15) is 13.2 Å². The zero-order valence-electron chi connectivity index (χ0n) is 17.7. The number of ether oxygens (including phenoxy) is 2. The van der Waals surface area contributed by atoms with Crippen LogP contribution in [0.1, 0.15) is 12.0 Å². The summed E-state index contributed by atoms with van der Waals surface area (Å²) < 4.78 is 39.2. The number of carbonyl (C=O) groups is 1. The van der Waals surface area contributed by atoms with Gasteiger partial charge in [-0.05, 0) is 11.8 Å². The third-order valence-corrected chi connectivity index (χ3v) is 8.17. The van der Waals surface area contributed by atoms with Gasteiger partial charge < -0.3 is 14.0 Å². The maximum absolute atomic E-state index is 12.6. The van der Waals surface area contributed by atoms with Crippen molar-refractivity contribution in [1.29, 1.82) is 0 Å². The van der Waals surface area contributed by atoms with Gasteiger partial charge in [-0.15, -0.1) is 0 Å². The van der Waals surface area contributed by atoms with Gasteiger partial charge in [0, 0.05) is 30.9 Å². The fourth-order valence-electron chi connectivity index (χ4n) is 3.40. The summed E-state index contributed by atoms with van der Waals surface area (Å²) in [6.45, 7) is 1.68. The van der Waals surface area contributed by atoms with Crippen LogP contribution in [0.2, 0.25) is 0 Å². The highest BCUT2D eigenvalue weighted by Gasteiger charge is 2.18. The first-order chi connectivity index (χ1) is 15.4. The largest absolute Gasteiger partial charge is 0.486 e. The highest BCUT2D eigenvalue weighted by atomic mass is 32.2. The second-order valence-electron chi connectivity index (χ2n) is 7.33. The Morgan fingerprint density at radius 3 is 2.59 bits per heavy atom. The molecule has 0 bridgehead atoms. The van der Waals surface area contributed by atoms with Crippen LogP contribution in [0.25, 0.3) is 10.2 Å². The van der Waals surface area contributed by atoms with Crippen molar-refractivity contribution in [3.05, 3.63) is 52.8 Å². The quantitative estimate of drug-likeness (QED) is 0.480. The van der Waals surface area contributed by atoms with E-state index in [-0.39, 0.29) is 17.9 Å². The van der Waals surface area contributed by atoms with E-state index in [1.54, 1.807) is 36.0 Å². The summed E-state index contributed by atoms with van der Waals surface area (Å²) in [5.74, 6) is 1.48. The Morgan fingerprint density at radius 2 is 1.88 bits per heavy atom. The van der Waals surface area contributed by atoms with Gasteiger partial charge in [0.1, 0.15) is 13.2 Å². The van der Waals surface area contributed by atoms with Crippen LogP contribution in [-0.2, 0) is 26.9 Å². The number of thioether (sulfide) groups is 1. The summed E-state index contributed by atoms with van der Waals surface area (Å²) in [5, 5.41) is 0. The average Bonchev–Trinajstić information content (AvgIpc) is 3.10. The Balaban J connectivity index is 1.57. The number of hydrogen-bond acceptors (Lipinski definition) is 7. The van der Waals surface area contributed by atoms with Crippen molar-refractivity contribution in [2.45, 2.75) is 18.7 Å². The molecule has 2 heterocycles. The molecule has 2 aromatic carbocycles.